The summed E-state index contributed by atoms with van der Waals surface area (Å²) in [4.78, 5) is 25.5. The van der Waals surface area contributed by atoms with Crippen molar-refractivity contribution in [3.63, 3.8) is 0 Å². The quantitative estimate of drug-likeness (QED) is 0.785. The van der Waals surface area contributed by atoms with E-state index in [-0.39, 0.29) is 23.8 Å². The Hall–Kier alpha value is -0.900. The predicted octanol–water partition coefficient (Wildman–Crippen LogP) is 1.73. The van der Waals surface area contributed by atoms with Crippen LogP contribution in [0.1, 0.15) is 52.9 Å². The molecule has 0 aromatic heterocycles. The number of hydrogen-bond donors (Lipinski definition) is 1. The molecule has 1 amide bonds. The topological polar surface area (TPSA) is 49.4 Å². The van der Waals surface area contributed by atoms with Crippen LogP contribution >= 0.6 is 0 Å². The smallest absolute Gasteiger partial charge is 0.237 e. The van der Waals surface area contributed by atoms with Crippen molar-refractivity contribution in [3.8, 4) is 0 Å². The zero-order valence-corrected chi connectivity index (χ0v) is 11.9. The van der Waals surface area contributed by atoms with Crippen LogP contribution in [0.5, 0.6) is 0 Å². The van der Waals surface area contributed by atoms with Gasteiger partial charge < -0.3 is 5.32 Å². The van der Waals surface area contributed by atoms with E-state index in [1.807, 2.05) is 13.8 Å². The molecule has 4 nitrogen and oxygen atoms in total. The molecule has 0 bridgehead atoms. The summed E-state index contributed by atoms with van der Waals surface area (Å²) in [5, 5.41) is 2.94. The Balaban J connectivity index is 2.58. The highest BCUT2D eigenvalue weighted by atomic mass is 16.2. The summed E-state index contributed by atoms with van der Waals surface area (Å²) >= 11 is 0. The molecule has 1 rings (SSSR count). The number of likely N-dealkylation sites (tertiary alicyclic amines) is 1. The first-order valence-corrected chi connectivity index (χ1v) is 7.09. The van der Waals surface area contributed by atoms with Gasteiger partial charge in [0.2, 0.25) is 5.91 Å². The van der Waals surface area contributed by atoms with Crippen LogP contribution in [0.25, 0.3) is 0 Å². The van der Waals surface area contributed by atoms with E-state index in [0.717, 1.165) is 38.8 Å². The normalized spacial score (nSPS) is 22.5. The van der Waals surface area contributed by atoms with Gasteiger partial charge in [0.25, 0.3) is 0 Å². The van der Waals surface area contributed by atoms with Crippen molar-refractivity contribution < 1.29 is 9.59 Å². The fourth-order valence-electron chi connectivity index (χ4n) is 2.63. The van der Waals surface area contributed by atoms with Crippen LogP contribution in [0.2, 0.25) is 0 Å². The molecule has 4 heteroatoms. The highest BCUT2D eigenvalue weighted by Gasteiger charge is 2.30. The first-order valence-electron chi connectivity index (χ1n) is 7.09. The Morgan fingerprint density at radius 2 is 2.11 bits per heavy atom. The zero-order valence-electron chi connectivity index (χ0n) is 11.9. The number of nitrogens with zero attached hydrogens (tertiary/aromatic N) is 1. The summed E-state index contributed by atoms with van der Waals surface area (Å²) in [5.41, 5.74) is 0. The number of carbonyl (C=O) groups is 2. The van der Waals surface area contributed by atoms with Crippen LogP contribution in [0, 0.1) is 0 Å². The molecule has 1 heterocycles. The molecule has 0 aromatic carbocycles. The summed E-state index contributed by atoms with van der Waals surface area (Å²) in [6.07, 6.45) is 4.85. The SMILES string of the molecule is CCCNC(=O)C(C)N1CCCCC1CC(C)=O. The van der Waals surface area contributed by atoms with Gasteiger partial charge in [0.05, 0.1) is 6.04 Å². The second-order valence-corrected chi connectivity index (χ2v) is 5.26. The van der Waals surface area contributed by atoms with Crippen molar-refractivity contribution in [2.75, 3.05) is 13.1 Å². The van der Waals surface area contributed by atoms with Crippen molar-refractivity contribution in [1.82, 2.24) is 10.2 Å². The van der Waals surface area contributed by atoms with Crippen LogP contribution in [0.3, 0.4) is 0 Å². The van der Waals surface area contributed by atoms with E-state index in [1.165, 1.54) is 0 Å². The van der Waals surface area contributed by atoms with Gasteiger partial charge in [0, 0.05) is 19.0 Å². The minimum Gasteiger partial charge on any atom is -0.355 e. The van der Waals surface area contributed by atoms with Crippen molar-refractivity contribution in [2.45, 2.75) is 65.0 Å². The van der Waals surface area contributed by atoms with Gasteiger partial charge in [-0.1, -0.05) is 13.3 Å². The summed E-state index contributed by atoms with van der Waals surface area (Å²) in [6, 6.07) is 0.125. The first-order chi connectivity index (χ1) is 8.56. The second-order valence-electron chi connectivity index (χ2n) is 5.26. The number of piperidine rings is 1. The third kappa shape index (κ3) is 4.41. The lowest BCUT2D eigenvalue weighted by Crippen LogP contribution is -2.52. The van der Waals surface area contributed by atoms with E-state index >= 15 is 0 Å². The summed E-state index contributed by atoms with van der Waals surface area (Å²) < 4.78 is 0. The Kier molecular flexibility index (Phi) is 6.33. The third-order valence-corrected chi connectivity index (χ3v) is 3.62. The zero-order chi connectivity index (χ0) is 13.5. The van der Waals surface area contributed by atoms with Gasteiger partial charge in [0.1, 0.15) is 5.78 Å². The van der Waals surface area contributed by atoms with E-state index < -0.39 is 0 Å². The molecule has 0 aliphatic carbocycles. The molecular formula is C14H26N2O2. The van der Waals surface area contributed by atoms with E-state index in [2.05, 4.69) is 10.2 Å². The van der Waals surface area contributed by atoms with Crippen LogP contribution in [-0.4, -0.2) is 41.8 Å². The van der Waals surface area contributed by atoms with E-state index in [1.54, 1.807) is 6.92 Å². The molecule has 1 aliphatic heterocycles. The maximum Gasteiger partial charge on any atom is 0.237 e. The largest absolute Gasteiger partial charge is 0.355 e. The van der Waals surface area contributed by atoms with Crippen LogP contribution in [0.4, 0.5) is 0 Å². The standard InChI is InChI=1S/C14H26N2O2/c1-4-8-15-14(18)12(3)16-9-6-5-7-13(16)10-11(2)17/h12-13H,4-10H2,1-3H3,(H,15,18). The lowest BCUT2D eigenvalue weighted by atomic mass is 9.96. The van der Waals surface area contributed by atoms with Gasteiger partial charge in [-0.15, -0.1) is 0 Å². The van der Waals surface area contributed by atoms with E-state index in [4.69, 9.17) is 0 Å². The molecule has 0 saturated carbocycles. The van der Waals surface area contributed by atoms with Gasteiger partial charge in [-0.3, -0.25) is 14.5 Å². The fraction of sp³-hybridized carbons (Fsp3) is 0.857. The molecular weight excluding hydrogens is 228 g/mol. The second kappa shape index (κ2) is 7.52. The Morgan fingerprint density at radius 3 is 2.72 bits per heavy atom. The van der Waals surface area contributed by atoms with E-state index in [0.29, 0.717) is 6.42 Å². The number of hydrogen-bond acceptors (Lipinski definition) is 3. The van der Waals surface area contributed by atoms with Gasteiger partial charge in [-0.05, 0) is 39.7 Å². The molecule has 1 aliphatic rings. The summed E-state index contributed by atoms with van der Waals surface area (Å²) in [7, 11) is 0. The van der Waals surface area contributed by atoms with Gasteiger partial charge in [0.15, 0.2) is 0 Å². The van der Waals surface area contributed by atoms with Crippen LogP contribution < -0.4 is 5.32 Å². The Labute approximate surface area is 110 Å². The molecule has 0 radical (unpaired) electrons. The van der Waals surface area contributed by atoms with Gasteiger partial charge in [-0.25, -0.2) is 0 Å². The summed E-state index contributed by atoms with van der Waals surface area (Å²) in [5.74, 6) is 0.306. The molecule has 0 aromatic rings. The Morgan fingerprint density at radius 1 is 1.39 bits per heavy atom. The molecule has 1 N–H and O–H groups in total. The number of Topliss-reactive ketones (excluding diaryl/α,β-unsaturated/α-hetero) is 1. The maximum atomic E-state index is 12.0. The molecule has 1 saturated heterocycles. The number of nitrogens with one attached hydrogen (secondary N) is 1. The first kappa shape index (κ1) is 15.2. The highest BCUT2D eigenvalue weighted by Crippen LogP contribution is 2.22. The van der Waals surface area contributed by atoms with Crippen LogP contribution in [-0.2, 0) is 9.59 Å². The fourth-order valence-corrected chi connectivity index (χ4v) is 2.63. The van der Waals surface area contributed by atoms with Gasteiger partial charge in [-0.2, -0.15) is 0 Å². The lowest BCUT2D eigenvalue weighted by Gasteiger charge is -2.38. The Bertz CT molecular complexity index is 292. The number of carbonyl (C=O) groups excluding carboxylic acids is 2. The number of rotatable bonds is 6. The molecule has 2 atom stereocenters. The van der Waals surface area contributed by atoms with Gasteiger partial charge >= 0.3 is 0 Å². The van der Waals surface area contributed by atoms with Crippen LogP contribution in [0.15, 0.2) is 0 Å². The summed E-state index contributed by atoms with van der Waals surface area (Å²) in [6.45, 7) is 7.29. The number of ketones is 1. The minimum absolute atomic E-state index is 0.0901. The lowest BCUT2D eigenvalue weighted by molar-refractivity contribution is -0.129. The molecule has 18 heavy (non-hydrogen) atoms. The van der Waals surface area contributed by atoms with Crippen molar-refractivity contribution in [2.24, 2.45) is 0 Å². The van der Waals surface area contributed by atoms with Crippen molar-refractivity contribution >= 4 is 11.7 Å². The monoisotopic (exact) mass is 254 g/mol. The predicted molar refractivity (Wildman–Crippen MR) is 72.4 cm³/mol. The molecule has 0 spiro atoms. The van der Waals surface area contributed by atoms with Crippen molar-refractivity contribution in [3.05, 3.63) is 0 Å². The third-order valence-electron chi connectivity index (χ3n) is 3.62. The van der Waals surface area contributed by atoms with Crippen molar-refractivity contribution in [1.29, 1.82) is 0 Å². The number of amides is 1. The average Bonchev–Trinajstić information content (AvgIpc) is 2.35. The molecule has 2 unspecified atom stereocenters. The van der Waals surface area contributed by atoms with E-state index in [9.17, 15) is 9.59 Å². The maximum absolute atomic E-state index is 12.0. The molecule has 104 valence electrons. The molecule has 1 fully saturated rings. The minimum atomic E-state index is -0.124. The average molecular weight is 254 g/mol. The highest BCUT2D eigenvalue weighted by molar-refractivity contribution is 5.81.